The van der Waals surface area contributed by atoms with E-state index in [0.717, 1.165) is 12.8 Å². The Morgan fingerprint density at radius 1 is 1.30 bits per heavy atom. The van der Waals surface area contributed by atoms with Gasteiger partial charge >= 0.3 is 0 Å². The first-order valence-corrected chi connectivity index (χ1v) is 6.48. The molecule has 0 amide bonds. The number of hydrogen-bond donors (Lipinski definition) is 1. The quantitative estimate of drug-likeness (QED) is 0.934. The van der Waals surface area contributed by atoms with Crippen LogP contribution in [0.3, 0.4) is 0 Å². The van der Waals surface area contributed by atoms with Crippen molar-refractivity contribution < 1.29 is 18.4 Å². The average molecular weight is 278 g/mol. The SMILES string of the molecule is Nc1oncc1-c1ccc(OC2CCOCC2)c(F)c1. The number of rotatable bonds is 3. The standard InChI is InChI=1S/C14H15FN2O3/c15-12-7-9(11-8-17-20-14(11)16)1-2-13(12)19-10-3-5-18-6-4-10/h1-2,7-8,10H,3-6,16H2. The van der Waals surface area contributed by atoms with Crippen LogP contribution in [0.4, 0.5) is 10.3 Å². The monoisotopic (exact) mass is 278 g/mol. The normalized spacial score (nSPS) is 16.2. The maximum Gasteiger partial charge on any atom is 0.229 e. The Balaban J connectivity index is 1.79. The molecule has 0 aliphatic carbocycles. The van der Waals surface area contributed by atoms with Crippen molar-refractivity contribution in [1.82, 2.24) is 5.16 Å². The Bertz CT molecular complexity index is 594. The van der Waals surface area contributed by atoms with E-state index in [4.69, 9.17) is 19.7 Å². The van der Waals surface area contributed by atoms with Gasteiger partial charge in [-0.1, -0.05) is 11.2 Å². The summed E-state index contributed by atoms with van der Waals surface area (Å²) in [4.78, 5) is 0. The number of anilines is 1. The Morgan fingerprint density at radius 3 is 2.75 bits per heavy atom. The molecule has 5 nitrogen and oxygen atoms in total. The number of halogens is 1. The molecule has 0 bridgehead atoms. The van der Waals surface area contributed by atoms with E-state index in [0.29, 0.717) is 24.3 Å². The van der Waals surface area contributed by atoms with Crippen LogP contribution in [-0.2, 0) is 4.74 Å². The Hall–Kier alpha value is -2.08. The molecule has 6 heteroatoms. The summed E-state index contributed by atoms with van der Waals surface area (Å²) in [6.45, 7) is 1.31. The second kappa shape index (κ2) is 5.50. The van der Waals surface area contributed by atoms with Gasteiger partial charge in [-0.25, -0.2) is 4.39 Å². The highest BCUT2D eigenvalue weighted by atomic mass is 19.1. The van der Waals surface area contributed by atoms with Crippen molar-refractivity contribution in [3.8, 4) is 16.9 Å². The summed E-state index contributed by atoms with van der Waals surface area (Å²) in [6, 6.07) is 4.71. The van der Waals surface area contributed by atoms with Crippen molar-refractivity contribution in [2.24, 2.45) is 0 Å². The largest absolute Gasteiger partial charge is 0.487 e. The van der Waals surface area contributed by atoms with Crippen LogP contribution in [0.15, 0.2) is 28.9 Å². The van der Waals surface area contributed by atoms with Crippen molar-refractivity contribution in [2.75, 3.05) is 18.9 Å². The lowest BCUT2D eigenvalue weighted by Crippen LogP contribution is -2.26. The Labute approximate surface area is 115 Å². The molecule has 1 aliphatic rings. The zero-order chi connectivity index (χ0) is 13.9. The molecule has 0 atom stereocenters. The summed E-state index contributed by atoms with van der Waals surface area (Å²) in [6.07, 6.45) is 3.02. The first-order chi connectivity index (χ1) is 9.74. The van der Waals surface area contributed by atoms with Crippen LogP contribution in [0, 0.1) is 5.82 Å². The highest BCUT2D eigenvalue weighted by molar-refractivity contribution is 5.72. The predicted molar refractivity (Wildman–Crippen MR) is 70.8 cm³/mol. The molecule has 1 fully saturated rings. The van der Waals surface area contributed by atoms with E-state index in [-0.39, 0.29) is 17.7 Å². The molecule has 2 N–H and O–H groups in total. The van der Waals surface area contributed by atoms with Gasteiger partial charge in [0.1, 0.15) is 6.10 Å². The molecule has 0 unspecified atom stereocenters. The number of ether oxygens (including phenoxy) is 2. The van der Waals surface area contributed by atoms with Gasteiger partial charge in [0.15, 0.2) is 11.6 Å². The topological polar surface area (TPSA) is 70.5 Å². The van der Waals surface area contributed by atoms with E-state index in [2.05, 4.69) is 5.16 Å². The number of nitrogen functional groups attached to an aromatic ring is 1. The summed E-state index contributed by atoms with van der Waals surface area (Å²) in [5, 5.41) is 3.58. The van der Waals surface area contributed by atoms with E-state index in [1.54, 1.807) is 12.1 Å². The summed E-state index contributed by atoms with van der Waals surface area (Å²) in [5.41, 5.74) is 6.80. The van der Waals surface area contributed by atoms with Crippen LogP contribution < -0.4 is 10.5 Å². The van der Waals surface area contributed by atoms with Crippen molar-refractivity contribution in [2.45, 2.75) is 18.9 Å². The molecule has 0 spiro atoms. The average Bonchev–Trinajstić information content (AvgIpc) is 2.88. The first-order valence-electron chi connectivity index (χ1n) is 6.48. The molecule has 2 aromatic rings. The Kier molecular flexibility index (Phi) is 3.56. The van der Waals surface area contributed by atoms with Gasteiger partial charge in [0.2, 0.25) is 5.88 Å². The van der Waals surface area contributed by atoms with Gasteiger partial charge in [0.05, 0.1) is 25.0 Å². The maximum atomic E-state index is 14.1. The van der Waals surface area contributed by atoms with Gasteiger partial charge in [-0.15, -0.1) is 0 Å². The van der Waals surface area contributed by atoms with Crippen molar-refractivity contribution in [3.63, 3.8) is 0 Å². The minimum atomic E-state index is -0.422. The van der Waals surface area contributed by atoms with Gasteiger partial charge in [-0.3, -0.25) is 0 Å². The molecule has 3 rings (SSSR count). The third-order valence-electron chi connectivity index (χ3n) is 3.30. The molecule has 0 saturated carbocycles. The van der Waals surface area contributed by atoms with Crippen molar-refractivity contribution in [3.05, 3.63) is 30.2 Å². The van der Waals surface area contributed by atoms with Crippen LogP contribution in [0.1, 0.15) is 12.8 Å². The van der Waals surface area contributed by atoms with Crippen LogP contribution >= 0.6 is 0 Å². The smallest absolute Gasteiger partial charge is 0.229 e. The van der Waals surface area contributed by atoms with Crippen LogP contribution in [0.2, 0.25) is 0 Å². The van der Waals surface area contributed by atoms with Gasteiger partial charge in [0.25, 0.3) is 0 Å². The molecule has 2 heterocycles. The predicted octanol–water partition coefficient (Wildman–Crippen LogP) is 2.62. The molecule has 0 radical (unpaired) electrons. The van der Waals surface area contributed by atoms with Crippen molar-refractivity contribution >= 4 is 5.88 Å². The van der Waals surface area contributed by atoms with Gasteiger partial charge in [0, 0.05) is 12.8 Å². The highest BCUT2D eigenvalue weighted by Crippen LogP contribution is 2.30. The fourth-order valence-corrected chi connectivity index (χ4v) is 2.20. The molecular weight excluding hydrogens is 263 g/mol. The minimum absolute atomic E-state index is 0.00441. The molecule has 106 valence electrons. The summed E-state index contributed by atoms with van der Waals surface area (Å²) in [7, 11) is 0. The molecule has 1 aromatic carbocycles. The number of aromatic nitrogens is 1. The second-order valence-corrected chi connectivity index (χ2v) is 4.68. The maximum absolute atomic E-state index is 14.1. The zero-order valence-corrected chi connectivity index (χ0v) is 10.8. The van der Waals surface area contributed by atoms with Crippen molar-refractivity contribution in [1.29, 1.82) is 0 Å². The van der Waals surface area contributed by atoms with E-state index < -0.39 is 5.82 Å². The number of nitrogens with two attached hydrogens (primary N) is 1. The third kappa shape index (κ3) is 2.60. The second-order valence-electron chi connectivity index (χ2n) is 4.68. The number of hydrogen-bond acceptors (Lipinski definition) is 5. The molecular formula is C14H15FN2O3. The highest BCUT2D eigenvalue weighted by Gasteiger charge is 2.18. The summed E-state index contributed by atoms with van der Waals surface area (Å²) >= 11 is 0. The molecule has 20 heavy (non-hydrogen) atoms. The zero-order valence-electron chi connectivity index (χ0n) is 10.8. The van der Waals surface area contributed by atoms with E-state index in [9.17, 15) is 4.39 Å². The van der Waals surface area contributed by atoms with E-state index in [1.165, 1.54) is 12.3 Å². The van der Waals surface area contributed by atoms with Crippen LogP contribution in [0.5, 0.6) is 5.75 Å². The number of benzene rings is 1. The van der Waals surface area contributed by atoms with E-state index >= 15 is 0 Å². The fraction of sp³-hybridized carbons (Fsp3) is 0.357. The summed E-state index contributed by atoms with van der Waals surface area (Å²) in [5.74, 6) is -0.00670. The summed E-state index contributed by atoms with van der Waals surface area (Å²) < 4.78 is 29.8. The lowest BCUT2D eigenvalue weighted by atomic mass is 10.1. The van der Waals surface area contributed by atoms with Gasteiger partial charge in [-0.2, -0.15) is 0 Å². The van der Waals surface area contributed by atoms with Gasteiger partial charge in [-0.05, 0) is 17.7 Å². The van der Waals surface area contributed by atoms with Crippen LogP contribution in [0.25, 0.3) is 11.1 Å². The molecule has 1 aliphatic heterocycles. The van der Waals surface area contributed by atoms with Crippen LogP contribution in [-0.4, -0.2) is 24.5 Å². The molecule has 1 saturated heterocycles. The lowest BCUT2D eigenvalue weighted by molar-refractivity contribution is 0.0240. The first kappa shape index (κ1) is 12.9. The number of nitrogens with zero attached hydrogens (tertiary/aromatic N) is 1. The lowest BCUT2D eigenvalue weighted by Gasteiger charge is -2.23. The van der Waals surface area contributed by atoms with Gasteiger partial charge < -0.3 is 19.7 Å². The third-order valence-corrected chi connectivity index (χ3v) is 3.30. The Morgan fingerprint density at radius 2 is 2.10 bits per heavy atom. The molecule has 1 aromatic heterocycles. The van der Waals surface area contributed by atoms with E-state index in [1.807, 2.05) is 0 Å². The fourth-order valence-electron chi connectivity index (χ4n) is 2.20. The minimum Gasteiger partial charge on any atom is -0.487 e.